The summed E-state index contributed by atoms with van der Waals surface area (Å²) < 4.78 is 10.9. The lowest BCUT2D eigenvalue weighted by molar-refractivity contribution is -0.113. The van der Waals surface area contributed by atoms with Crippen LogP contribution in [0.25, 0.3) is 0 Å². The number of hydrogen-bond acceptors (Lipinski definition) is 9. The first kappa shape index (κ1) is 17.2. The van der Waals surface area contributed by atoms with E-state index in [1.807, 2.05) is 24.3 Å². The molecule has 25 heavy (non-hydrogen) atoms. The van der Waals surface area contributed by atoms with Crippen molar-refractivity contribution >= 4 is 45.7 Å². The molecular formula is C15H15N5O3S2. The van der Waals surface area contributed by atoms with Crippen LogP contribution in [0.3, 0.4) is 0 Å². The molecule has 2 aromatic heterocycles. The van der Waals surface area contributed by atoms with Gasteiger partial charge in [0.2, 0.25) is 16.9 Å². The Labute approximate surface area is 152 Å². The third-order valence-corrected chi connectivity index (χ3v) is 4.94. The second-order valence-electron chi connectivity index (χ2n) is 4.87. The van der Waals surface area contributed by atoms with Gasteiger partial charge in [0.25, 0.3) is 0 Å². The van der Waals surface area contributed by atoms with Gasteiger partial charge in [-0.15, -0.1) is 10.2 Å². The smallest absolute Gasteiger partial charge is 0.237 e. The average molecular weight is 377 g/mol. The van der Waals surface area contributed by atoms with Gasteiger partial charge >= 0.3 is 0 Å². The lowest BCUT2D eigenvalue weighted by Crippen LogP contribution is -2.13. The SMILES string of the molecule is COc1ccccc1Nc1nnc(SCC(=O)Nc2cc(C)no2)s1. The molecular weight excluding hydrogens is 362 g/mol. The summed E-state index contributed by atoms with van der Waals surface area (Å²) in [7, 11) is 1.61. The molecule has 0 unspecified atom stereocenters. The van der Waals surface area contributed by atoms with Crippen molar-refractivity contribution in [1.82, 2.24) is 15.4 Å². The van der Waals surface area contributed by atoms with Crippen molar-refractivity contribution in [3.63, 3.8) is 0 Å². The molecule has 2 heterocycles. The summed E-state index contributed by atoms with van der Waals surface area (Å²) in [4.78, 5) is 11.9. The number of amides is 1. The Bertz CT molecular complexity index is 864. The third-order valence-electron chi connectivity index (χ3n) is 2.97. The van der Waals surface area contributed by atoms with Gasteiger partial charge < -0.3 is 14.6 Å². The standard InChI is InChI=1S/C15H15N5O3S2/c1-9-7-13(23-20-9)17-12(21)8-24-15-19-18-14(25-15)16-10-5-3-4-6-11(10)22-2/h3-7H,8H2,1-2H3,(H,16,18)(H,17,21). The van der Waals surface area contributed by atoms with E-state index in [4.69, 9.17) is 9.26 Å². The van der Waals surface area contributed by atoms with Crippen molar-refractivity contribution in [2.24, 2.45) is 0 Å². The van der Waals surface area contributed by atoms with Crippen molar-refractivity contribution in [2.45, 2.75) is 11.3 Å². The molecule has 0 saturated heterocycles. The van der Waals surface area contributed by atoms with Gasteiger partial charge in [-0.3, -0.25) is 10.1 Å². The molecule has 10 heteroatoms. The van der Waals surface area contributed by atoms with Crippen LogP contribution in [0.5, 0.6) is 5.75 Å². The highest BCUT2D eigenvalue weighted by Gasteiger charge is 2.11. The van der Waals surface area contributed by atoms with Crippen molar-refractivity contribution in [3.05, 3.63) is 36.0 Å². The topological polar surface area (TPSA) is 102 Å². The number of aryl methyl sites for hydroxylation is 1. The number of benzene rings is 1. The molecule has 0 spiro atoms. The van der Waals surface area contributed by atoms with Crippen LogP contribution < -0.4 is 15.4 Å². The van der Waals surface area contributed by atoms with Gasteiger partial charge in [-0.25, -0.2) is 0 Å². The van der Waals surface area contributed by atoms with Crippen molar-refractivity contribution in [2.75, 3.05) is 23.5 Å². The van der Waals surface area contributed by atoms with Crippen LogP contribution in [-0.2, 0) is 4.79 Å². The molecule has 0 aliphatic carbocycles. The Hall–Kier alpha value is -2.59. The number of carbonyl (C=O) groups excluding carboxylic acids is 1. The van der Waals surface area contributed by atoms with E-state index in [9.17, 15) is 4.79 Å². The number of thioether (sulfide) groups is 1. The van der Waals surface area contributed by atoms with Crippen LogP contribution in [0.4, 0.5) is 16.7 Å². The summed E-state index contributed by atoms with van der Waals surface area (Å²) in [6, 6.07) is 9.19. The normalized spacial score (nSPS) is 10.5. The van der Waals surface area contributed by atoms with E-state index >= 15 is 0 Å². The van der Waals surface area contributed by atoms with Gasteiger partial charge in [-0.05, 0) is 19.1 Å². The first-order valence-corrected chi connectivity index (χ1v) is 9.04. The number of aromatic nitrogens is 3. The maximum absolute atomic E-state index is 11.9. The Balaban J connectivity index is 1.54. The molecule has 8 nitrogen and oxygen atoms in total. The van der Waals surface area contributed by atoms with Crippen molar-refractivity contribution < 1.29 is 14.1 Å². The van der Waals surface area contributed by atoms with E-state index in [0.29, 0.717) is 26.8 Å². The summed E-state index contributed by atoms with van der Waals surface area (Å²) in [5.74, 6) is 1.05. The van der Waals surface area contributed by atoms with Crippen LogP contribution in [0, 0.1) is 6.92 Å². The maximum atomic E-state index is 11.9. The minimum atomic E-state index is -0.199. The molecule has 2 N–H and O–H groups in total. The number of rotatable bonds is 7. The Morgan fingerprint density at radius 3 is 2.96 bits per heavy atom. The number of ether oxygens (including phenoxy) is 1. The number of nitrogens with zero attached hydrogens (tertiary/aromatic N) is 3. The zero-order chi connectivity index (χ0) is 17.6. The van der Waals surface area contributed by atoms with Crippen molar-refractivity contribution in [1.29, 1.82) is 0 Å². The van der Waals surface area contributed by atoms with Crippen LogP contribution in [0.1, 0.15) is 5.69 Å². The molecule has 0 fully saturated rings. The van der Waals surface area contributed by atoms with E-state index in [2.05, 4.69) is 26.0 Å². The monoisotopic (exact) mass is 377 g/mol. The Morgan fingerprint density at radius 2 is 2.20 bits per heavy atom. The van der Waals surface area contributed by atoms with E-state index in [1.165, 1.54) is 23.1 Å². The lowest BCUT2D eigenvalue weighted by atomic mass is 10.3. The summed E-state index contributed by atoms with van der Waals surface area (Å²) in [5, 5.41) is 18.3. The number of nitrogens with one attached hydrogen (secondary N) is 2. The highest BCUT2D eigenvalue weighted by atomic mass is 32.2. The zero-order valence-corrected chi connectivity index (χ0v) is 15.1. The van der Waals surface area contributed by atoms with Gasteiger partial charge in [0.15, 0.2) is 4.34 Å². The summed E-state index contributed by atoms with van der Waals surface area (Å²) in [6.07, 6.45) is 0. The minimum Gasteiger partial charge on any atom is -0.495 e. The van der Waals surface area contributed by atoms with Gasteiger partial charge in [-0.1, -0.05) is 40.4 Å². The number of methoxy groups -OCH3 is 1. The highest BCUT2D eigenvalue weighted by molar-refractivity contribution is 8.01. The fourth-order valence-corrected chi connectivity index (χ4v) is 3.47. The molecule has 1 aromatic carbocycles. The predicted octanol–water partition coefficient (Wildman–Crippen LogP) is 3.32. The largest absolute Gasteiger partial charge is 0.495 e. The van der Waals surface area contributed by atoms with E-state index in [-0.39, 0.29) is 11.7 Å². The van der Waals surface area contributed by atoms with Crippen molar-refractivity contribution in [3.8, 4) is 5.75 Å². The van der Waals surface area contributed by atoms with Crippen LogP contribution in [0.2, 0.25) is 0 Å². The second-order valence-corrected chi connectivity index (χ2v) is 7.07. The first-order valence-electron chi connectivity index (χ1n) is 7.23. The Morgan fingerprint density at radius 1 is 1.36 bits per heavy atom. The molecule has 130 valence electrons. The number of carbonyl (C=O) groups is 1. The van der Waals surface area contributed by atoms with Crippen LogP contribution in [0.15, 0.2) is 39.2 Å². The Kier molecular flexibility index (Phi) is 5.51. The molecule has 0 bridgehead atoms. The summed E-state index contributed by atoms with van der Waals surface area (Å²) in [6.45, 7) is 1.78. The average Bonchev–Trinajstić information content (AvgIpc) is 3.22. The zero-order valence-electron chi connectivity index (χ0n) is 13.5. The third kappa shape index (κ3) is 4.70. The minimum absolute atomic E-state index is 0.197. The number of anilines is 3. The van der Waals surface area contributed by atoms with Gasteiger partial charge in [0.05, 0.1) is 24.2 Å². The lowest BCUT2D eigenvalue weighted by Gasteiger charge is -2.07. The predicted molar refractivity (Wildman–Crippen MR) is 96.8 cm³/mol. The van der Waals surface area contributed by atoms with E-state index < -0.39 is 0 Å². The van der Waals surface area contributed by atoms with Gasteiger partial charge in [-0.2, -0.15) is 0 Å². The molecule has 0 saturated carbocycles. The second kappa shape index (κ2) is 7.99. The summed E-state index contributed by atoms with van der Waals surface area (Å²) in [5.41, 5.74) is 1.51. The summed E-state index contributed by atoms with van der Waals surface area (Å²) >= 11 is 2.65. The van der Waals surface area contributed by atoms with Crippen LogP contribution in [-0.4, -0.2) is 34.1 Å². The van der Waals surface area contributed by atoms with Crippen LogP contribution >= 0.6 is 23.1 Å². The molecule has 0 aliphatic rings. The number of para-hydroxylation sites is 2. The van der Waals surface area contributed by atoms with Gasteiger partial charge in [0, 0.05) is 6.07 Å². The van der Waals surface area contributed by atoms with Gasteiger partial charge in [0.1, 0.15) is 5.75 Å². The molecule has 0 atom stereocenters. The van der Waals surface area contributed by atoms with E-state index in [0.717, 1.165) is 5.69 Å². The first-order chi connectivity index (χ1) is 12.1. The molecule has 0 radical (unpaired) electrons. The fraction of sp³-hybridized carbons (Fsp3) is 0.200. The molecule has 0 aliphatic heterocycles. The highest BCUT2D eigenvalue weighted by Crippen LogP contribution is 2.31. The quantitative estimate of drug-likeness (QED) is 0.605. The fourth-order valence-electron chi connectivity index (χ4n) is 1.91. The maximum Gasteiger partial charge on any atom is 0.237 e. The number of hydrogen-bond donors (Lipinski definition) is 2. The molecule has 1 amide bonds. The van der Waals surface area contributed by atoms with E-state index in [1.54, 1.807) is 20.1 Å². The molecule has 3 rings (SSSR count). The molecule has 3 aromatic rings.